The Kier molecular flexibility index (Phi) is 3.65. The molecule has 20 heavy (non-hydrogen) atoms. The summed E-state index contributed by atoms with van der Waals surface area (Å²) in [5.41, 5.74) is 2.12. The molecule has 0 aliphatic carbocycles. The molecule has 0 saturated carbocycles. The molecular formula is C16H16N2O2. The van der Waals surface area contributed by atoms with Gasteiger partial charge in [-0.2, -0.15) is 0 Å². The number of benzene rings is 2. The van der Waals surface area contributed by atoms with Crippen molar-refractivity contribution in [2.75, 3.05) is 25.5 Å². The van der Waals surface area contributed by atoms with Gasteiger partial charge in [0.2, 0.25) is 0 Å². The predicted molar refractivity (Wildman–Crippen MR) is 79.3 cm³/mol. The summed E-state index contributed by atoms with van der Waals surface area (Å²) in [6, 6.07) is 18.0. The average molecular weight is 268 g/mol. The van der Waals surface area contributed by atoms with Gasteiger partial charge < -0.3 is 14.4 Å². The minimum atomic E-state index is 0.394. The molecule has 0 N–H and O–H groups in total. The molecule has 0 fully saturated rings. The molecule has 1 aliphatic heterocycles. The Bertz CT molecular complexity index is 594. The summed E-state index contributed by atoms with van der Waals surface area (Å²) in [4.78, 5) is 6.55. The molecule has 0 spiro atoms. The molecule has 4 nitrogen and oxygen atoms in total. The van der Waals surface area contributed by atoms with Gasteiger partial charge in [0.05, 0.1) is 7.11 Å². The second-order valence-electron chi connectivity index (χ2n) is 4.44. The van der Waals surface area contributed by atoms with Crippen LogP contribution in [0.5, 0.6) is 5.75 Å². The molecule has 0 atom stereocenters. The third-order valence-electron chi connectivity index (χ3n) is 3.20. The Morgan fingerprint density at radius 1 is 1.05 bits per heavy atom. The molecule has 3 rings (SSSR count). The monoisotopic (exact) mass is 268 g/mol. The predicted octanol–water partition coefficient (Wildman–Crippen LogP) is 2.89. The van der Waals surface area contributed by atoms with E-state index in [-0.39, 0.29) is 0 Å². The first kappa shape index (κ1) is 12.7. The van der Waals surface area contributed by atoms with Crippen LogP contribution in [0.1, 0.15) is 5.56 Å². The number of ether oxygens (including phenoxy) is 2. The Morgan fingerprint density at radius 3 is 2.50 bits per heavy atom. The fourth-order valence-corrected chi connectivity index (χ4v) is 2.18. The van der Waals surface area contributed by atoms with Gasteiger partial charge in [-0.3, -0.25) is 0 Å². The van der Waals surface area contributed by atoms with Crippen LogP contribution in [0.15, 0.2) is 59.6 Å². The number of aliphatic imine (C=N–C) groups is 1. The lowest BCUT2D eigenvalue weighted by Crippen LogP contribution is -2.37. The van der Waals surface area contributed by atoms with E-state index in [1.54, 1.807) is 7.11 Å². The zero-order valence-electron chi connectivity index (χ0n) is 11.3. The van der Waals surface area contributed by atoms with E-state index in [9.17, 15) is 0 Å². The van der Waals surface area contributed by atoms with Gasteiger partial charge >= 0.3 is 0 Å². The third-order valence-corrected chi connectivity index (χ3v) is 3.20. The summed E-state index contributed by atoms with van der Waals surface area (Å²) >= 11 is 0. The van der Waals surface area contributed by atoms with Crippen LogP contribution >= 0.6 is 0 Å². The van der Waals surface area contributed by atoms with Gasteiger partial charge in [0.25, 0.3) is 0 Å². The summed E-state index contributed by atoms with van der Waals surface area (Å²) in [6.45, 7) is 0.902. The first-order chi connectivity index (χ1) is 9.88. The average Bonchev–Trinajstić information content (AvgIpc) is 2.56. The highest BCUT2D eigenvalue weighted by Crippen LogP contribution is 2.21. The zero-order chi connectivity index (χ0) is 13.8. The van der Waals surface area contributed by atoms with Crippen molar-refractivity contribution in [3.05, 3.63) is 60.2 Å². The molecule has 0 bridgehead atoms. The van der Waals surface area contributed by atoms with Gasteiger partial charge in [0, 0.05) is 11.3 Å². The van der Waals surface area contributed by atoms with Crippen LogP contribution in [-0.4, -0.2) is 26.4 Å². The Balaban J connectivity index is 1.94. The number of rotatable bonds is 3. The zero-order valence-corrected chi connectivity index (χ0v) is 11.3. The van der Waals surface area contributed by atoms with Crippen molar-refractivity contribution in [1.29, 1.82) is 0 Å². The van der Waals surface area contributed by atoms with Crippen molar-refractivity contribution in [2.24, 2.45) is 4.99 Å². The van der Waals surface area contributed by atoms with Crippen LogP contribution in [0.25, 0.3) is 0 Å². The molecule has 4 heteroatoms. The van der Waals surface area contributed by atoms with E-state index in [1.165, 1.54) is 0 Å². The largest absolute Gasteiger partial charge is 0.497 e. The maximum Gasteiger partial charge on any atom is 0.142 e. The molecule has 0 aromatic heterocycles. The number of anilines is 1. The third kappa shape index (κ3) is 2.51. The van der Waals surface area contributed by atoms with Crippen molar-refractivity contribution in [1.82, 2.24) is 0 Å². The topological polar surface area (TPSA) is 34.1 Å². The van der Waals surface area contributed by atoms with Gasteiger partial charge in [-0.05, 0) is 36.4 Å². The fourth-order valence-electron chi connectivity index (χ4n) is 2.18. The minimum absolute atomic E-state index is 0.394. The van der Waals surface area contributed by atoms with Gasteiger partial charge in [0.15, 0.2) is 0 Å². The van der Waals surface area contributed by atoms with Crippen LogP contribution in [-0.2, 0) is 4.74 Å². The van der Waals surface area contributed by atoms with E-state index >= 15 is 0 Å². The number of hydrogen-bond donors (Lipinski definition) is 0. The summed E-state index contributed by atoms with van der Waals surface area (Å²) in [7, 11) is 1.66. The van der Waals surface area contributed by atoms with Crippen molar-refractivity contribution in [3.8, 4) is 5.75 Å². The molecule has 1 aliphatic rings. The smallest absolute Gasteiger partial charge is 0.142 e. The fraction of sp³-hybridized carbons (Fsp3) is 0.188. The van der Waals surface area contributed by atoms with E-state index in [2.05, 4.69) is 9.89 Å². The van der Waals surface area contributed by atoms with Gasteiger partial charge in [-0.25, -0.2) is 4.99 Å². The second-order valence-corrected chi connectivity index (χ2v) is 4.44. The number of amidine groups is 1. The van der Waals surface area contributed by atoms with Gasteiger partial charge in [-0.15, -0.1) is 0 Å². The Morgan fingerprint density at radius 2 is 1.80 bits per heavy atom. The Labute approximate surface area is 118 Å². The summed E-state index contributed by atoms with van der Waals surface area (Å²) in [6.07, 6.45) is 0. The summed E-state index contributed by atoms with van der Waals surface area (Å²) < 4.78 is 10.6. The molecule has 0 radical (unpaired) electrons. The maximum atomic E-state index is 5.45. The maximum absolute atomic E-state index is 5.45. The highest BCUT2D eigenvalue weighted by atomic mass is 16.5. The first-order valence-electron chi connectivity index (χ1n) is 6.48. The molecular weight excluding hydrogens is 252 g/mol. The van der Waals surface area contributed by atoms with Gasteiger partial charge in [0.1, 0.15) is 25.0 Å². The van der Waals surface area contributed by atoms with E-state index in [0.29, 0.717) is 13.5 Å². The first-order valence-corrected chi connectivity index (χ1v) is 6.48. The highest BCUT2D eigenvalue weighted by molar-refractivity contribution is 6.10. The second kappa shape index (κ2) is 5.75. The van der Waals surface area contributed by atoms with Crippen molar-refractivity contribution < 1.29 is 9.47 Å². The number of para-hydroxylation sites is 1. The highest BCUT2D eigenvalue weighted by Gasteiger charge is 2.18. The molecule has 0 unspecified atom stereocenters. The summed E-state index contributed by atoms with van der Waals surface area (Å²) in [5, 5.41) is 0. The minimum Gasteiger partial charge on any atom is -0.497 e. The van der Waals surface area contributed by atoms with Crippen LogP contribution < -0.4 is 9.64 Å². The molecule has 0 amide bonds. The molecule has 2 aromatic rings. The quantitative estimate of drug-likeness (QED) is 0.858. The van der Waals surface area contributed by atoms with Crippen molar-refractivity contribution >= 4 is 11.5 Å². The molecule has 102 valence electrons. The lowest BCUT2D eigenvalue weighted by molar-refractivity contribution is 0.141. The van der Waals surface area contributed by atoms with E-state index in [1.807, 2.05) is 54.6 Å². The van der Waals surface area contributed by atoms with Crippen LogP contribution in [0.3, 0.4) is 0 Å². The number of methoxy groups -OCH3 is 1. The van der Waals surface area contributed by atoms with Crippen molar-refractivity contribution in [2.45, 2.75) is 0 Å². The molecule has 2 aromatic carbocycles. The van der Waals surface area contributed by atoms with E-state index < -0.39 is 0 Å². The van der Waals surface area contributed by atoms with E-state index in [4.69, 9.17) is 9.47 Å². The Hall–Kier alpha value is -2.33. The van der Waals surface area contributed by atoms with Crippen LogP contribution in [0, 0.1) is 0 Å². The SMILES string of the molecule is COc1ccc(C2=NCOCN2c2ccccc2)cc1. The molecule has 1 heterocycles. The lowest BCUT2D eigenvalue weighted by atomic mass is 10.1. The standard InChI is InChI=1S/C16H16N2O2/c1-19-15-9-7-13(8-10-15)16-17-11-20-12-18(16)14-5-3-2-4-6-14/h2-10H,11-12H2,1H3. The van der Waals surface area contributed by atoms with Crippen molar-refractivity contribution in [3.63, 3.8) is 0 Å². The normalized spacial score (nSPS) is 14.8. The lowest BCUT2D eigenvalue weighted by Gasteiger charge is -2.29. The molecule has 0 saturated heterocycles. The number of hydrogen-bond acceptors (Lipinski definition) is 4. The van der Waals surface area contributed by atoms with E-state index in [0.717, 1.165) is 22.8 Å². The number of nitrogens with zero attached hydrogens (tertiary/aromatic N) is 2. The van der Waals surface area contributed by atoms with Crippen LogP contribution in [0.2, 0.25) is 0 Å². The van der Waals surface area contributed by atoms with Gasteiger partial charge in [-0.1, -0.05) is 18.2 Å². The van der Waals surface area contributed by atoms with Crippen LogP contribution in [0.4, 0.5) is 5.69 Å². The summed E-state index contributed by atoms with van der Waals surface area (Å²) in [5.74, 6) is 1.76.